The minimum Gasteiger partial charge on any atom is -0.493 e. The Labute approximate surface area is 182 Å². The second-order valence-electron chi connectivity index (χ2n) is 7.04. The van der Waals surface area contributed by atoms with E-state index in [9.17, 15) is 0 Å². The maximum Gasteiger partial charge on any atom is 0.163 e. The number of ether oxygens (including phenoxy) is 3. The summed E-state index contributed by atoms with van der Waals surface area (Å²) in [6.07, 6.45) is 6.60. The lowest BCUT2D eigenvalue weighted by molar-refractivity contribution is -0.0159. The average Bonchev–Trinajstić information content (AvgIpc) is 3.39. The van der Waals surface area contributed by atoms with Crippen molar-refractivity contribution in [1.29, 1.82) is 0 Å². The Hall–Kier alpha value is -2.61. The lowest BCUT2D eigenvalue weighted by atomic mass is 10.2. The van der Waals surface area contributed by atoms with Crippen LogP contribution in [0.25, 0.3) is 21.9 Å². The van der Waals surface area contributed by atoms with E-state index in [1.807, 2.05) is 29.0 Å². The quantitative estimate of drug-likeness (QED) is 0.401. The molecule has 0 bridgehead atoms. The molecule has 0 amide bonds. The predicted molar refractivity (Wildman–Crippen MR) is 114 cm³/mol. The van der Waals surface area contributed by atoms with Gasteiger partial charge in [0.15, 0.2) is 11.5 Å². The molecular weight excluding hydrogens is 427 g/mol. The Bertz CT molecular complexity index is 1230. The number of fused-ring (bicyclic) bond motifs is 2. The van der Waals surface area contributed by atoms with Crippen molar-refractivity contribution in [3.8, 4) is 11.5 Å². The number of aromatic nitrogens is 4. The minimum atomic E-state index is -0.124. The molecule has 9 heteroatoms. The first-order valence-electron chi connectivity index (χ1n) is 9.51. The molecule has 0 N–H and O–H groups in total. The van der Waals surface area contributed by atoms with E-state index >= 15 is 0 Å². The van der Waals surface area contributed by atoms with Crippen molar-refractivity contribution in [1.82, 2.24) is 19.5 Å². The van der Waals surface area contributed by atoms with Crippen molar-refractivity contribution in [2.45, 2.75) is 25.2 Å². The van der Waals surface area contributed by atoms with E-state index in [0.29, 0.717) is 28.3 Å². The van der Waals surface area contributed by atoms with Gasteiger partial charge in [0.25, 0.3) is 0 Å². The van der Waals surface area contributed by atoms with Gasteiger partial charge < -0.3 is 18.8 Å². The molecule has 1 aromatic carbocycles. The Morgan fingerprint density at radius 2 is 2.00 bits per heavy atom. The fraction of sp³-hybridized carbons (Fsp3) is 0.286. The average molecular weight is 445 g/mol. The van der Waals surface area contributed by atoms with Crippen LogP contribution in [-0.4, -0.2) is 39.3 Å². The van der Waals surface area contributed by atoms with Gasteiger partial charge in [0, 0.05) is 23.8 Å². The number of nitrogens with zero attached hydrogens (tertiary/aromatic N) is 4. The normalized spacial score (nSPS) is 18.9. The Morgan fingerprint density at radius 1 is 1.10 bits per heavy atom. The summed E-state index contributed by atoms with van der Waals surface area (Å²) in [7, 11) is 1.60. The van der Waals surface area contributed by atoms with Crippen molar-refractivity contribution in [3.63, 3.8) is 0 Å². The number of pyridine rings is 1. The van der Waals surface area contributed by atoms with Crippen LogP contribution in [0.2, 0.25) is 10.2 Å². The van der Waals surface area contributed by atoms with Gasteiger partial charge in [-0.05, 0) is 31.0 Å². The minimum absolute atomic E-state index is 0.0579. The van der Waals surface area contributed by atoms with Crippen molar-refractivity contribution < 1.29 is 14.2 Å². The van der Waals surface area contributed by atoms with E-state index in [4.69, 9.17) is 37.4 Å². The monoisotopic (exact) mass is 444 g/mol. The zero-order valence-electron chi connectivity index (χ0n) is 16.1. The highest BCUT2D eigenvalue weighted by Gasteiger charge is 2.28. The number of hydrogen-bond acceptors (Lipinski definition) is 6. The molecule has 0 spiro atoms. The molecule has 1 aliphatic heterocycles. The van der Waals surface area contributed by atoms with Crippen LogP contribution in [0.5, 0.6) is 11.5 Å². The van der Waals surface area contributed by atoms with Crippen molar-refractivity contribution in [2.24, 2.45) is 0 Å². The van der Waals surface area contributed by atoms with Crippen LogP contribution in [0.1, 0.15) is 19.1 Å². The summed E-state index contributed by atoms with van der Waals surface area (Å²) in [4.78, 5) is 12.7. The molecule has 4 aromatic rings. The maximum atomic E-state index is 6.26. The van der Waals surface area contributed by atoms with Gasteiger partial charge in [-0.3, -0.25) is 4.98 Å². The highest BCUT2D eigenvalue weighted by atomic mass is 35.5. The van der Waals surface area contributed by atoms with Gasteiger partial charge in [-0.1, -0.05) is 23.2 Å². The molecule has 0 unspecified atom stereocenters. The summed E-state index contributed by atoms with van der Waals surface area (Å²) < 4.78 is 19.7. The second-order valence-corrected chi connectivity index (χ2v) is 7.80. The summed E-state index contributed by atoms with van der Waals surface area (Å²) in [5.74, 6) is 1.22. The standard InChI is InChI=1S/C21H18Cl2N4O3/c1-28-17-8-14-15(22)4-6-24-16(14)9-18(17)29-10-12-2-3-19(30-12)27-7-5-13-20(23)25-11-26-21(13)27/h4-9,11-12,19H,2-3,10H2,1H3/t12-,19+/m0/s1. The van der Waals surface area contributed by atoms with Crippen LogP contribution < -0.4 is 9.47 Å². The van der Waals surface area contributed by atoms with Crippen molar-refractivity contribution >= 4 is 45.1 Å². The summed E-state index contributed by atoms with van der Waals surface area (Å²) in [5.41, 5.74) is 1.51. The highest BCUT2D eigenvalue weighted by molar-refractivity contribution is 6.35. The first-order valence-corrected chi connectivity index (χ1v) is 10.3. The number of rotatable bonds is 5. The van der Waals surface area contributed by atoms with Gasteiger partial charge >= 0.3 is 0 Å². The third-order valence-electron chi connectivity index (χ3n) is 5.25. The Morgan fingerprint density at radius 3 is 2.87 bits per heavy atom. The van der Waals surface area contributed by atoms with Crippen molar-refractivity contribution in [3.05, 3.63) is 53.2 Å². The molecule has 30 heavy (non-hydrogen) atoms. The first kappa shape index (κ1) is 19.4. The molecule has 154 valence electrons. The molecular formula is C21H18Cl2N4O3. The summed E-state index contributed by atoms with van der Waals surface area (Å²) >= 11 is 12.4. The van der Waals surface area contributed by atoms with Gasteiger partial charge in [0.05, 0.1) is 29.1 Å². The zero-order valence-corrected chi connectivity index (χ0v) is 17.6. The summed E-state index contributed by atoms with van der Waals surface area (Å²) in [6, 6.07) is 7.33. The van der Waals surface area contributed by atoms with Crippen LogP contribution in [0.15, 0.2) is 43.0 Å². The van der Waals surface area contributed by atoms with Crippen LogP contribution in [0.4, 0.5) is 0 Å². The van der Waals surface area contributed by atoms with Gasteiger partial charge in [0.1, 0.15) is 30.0 Å². The maximum absolute atomic E-state index is 6.26. The smallest absolute Gasteiger partial charge is 0.163 e. The molecule has 2 atom stereocenters. The van der Waals surface area contributed by atoms with E-state index < -0.39 is 0 Å². The Kier molecular flexibility index (Phi) is 5.10. The molecule has 4 heterocycles. The molecule has 0 saturated carbocycles. The Balaban J connectivity index is 1.31. The first-order chi connectivity index (χ1) is 14.6. The molecule has 3 aromatic heterocycles. The van der Waals surface area contributed by atoms with Gasteiger partial charge in [-0.2, -0.15) is 0 Å². The third kappa shape index (κ3) is 3.43. The fourth-order valence-electron chi connectivity index (χ4n) is 3.76. The van der Waals surface area contributed by atoms with Crippen LogP contribution >= 0.6 is 23.2 Å². The SMILES string of the molecule is COc1cc2c(Cl)ccnc2cc1OC[C@@H]1CC[C@H](n2ccc3c(Cl)ncnc32)O1. The number of methoxy groups -OCH3 is 1. The van der Waals surface area contributed by atoms with Gasteiger partial charge in [0.2, 0.25) is 0 Å². The number of benzene rings is 1. The lowest BCUT2D eigenvalue weighted by Gasteiger charge is -2.17. The fourth-order valence-corrected chi connectivity index (χ4v) is 4.16. The predicted octanol–water partition coefficient (Wildman–Crippen LogP) is 5.05. The molecule has 7 nitrogen and oxygen atoms in total. The summed E-state index contributed by atoms with van der Waals surface area (Å²) in [6.45, 7) is 0.397. The van der Waals surface area contributed by atoms with Crippen LogP contribution in [0, 0.1) is 0 Å². The molecule has 1 saturated heterocycles. The molecule has 1 fully saturated rings. The topological polar surface area (TPSA) is 71.3 Å². The van der Waals surface area contributed by atoms with Gasteiger partial charge in [-0.15, -0.1) is 0 Å². The zero-order chi connectivity index (χ0) is 20.7. The van der Waals surface area contributed by atoms with Crippen LogP contribution in [0.3, 0.4) is 0 Å². The molecule has 5 rings (SSSR count). The van der Waals surface area contributed by atoms with E-state index in [2.05, 4.69) is 15.0 Å². The van der Waals surface area contributed by atoms with Gasteiger partial charge in [-0.25, -0.2) is 9.97 Å². The number of hydrogen-bond donors (Lipinski definition) is 0. The molecule has 0 aliphatic carbocycles. The van der Waals surface area contributed by atoms with E-state index in [0.717, 1.165) is 34.8 Å². The van der Waals surface area contributed by atoms with E-state index in [1.54, 1.807) is 19.4 Å². The molecule has 0 radical (unpaired) electrons. The highest BCUT2D eigenvalue weighted by Crippen LogP contribution is 2.36. The molecule has 1 aliphatic rings. The lowest BCUT2D eigenvalue weighted by Crippen LogP contribution is -2.18. The van der Waals surface area contributed by atoms with Crippen LogP contribution in [-0.2, 0) is 4.74 Å². The number of halogens is 2. The van der Waals surface area contributed by atoms with E-state index in [1.165, 1.54) is 6.33 Å². The summed E-state index contributed by atoms with van der Waals surface area (Å²) in [5, 5.41) is 2.69. The van der Waals surface area contributed by atoms with Crippen molar-refractivity contribution in [2.75, 3.05) is 13.7 Å². The third-order valence-corrected chi connectivity index (χ3v) is 5.89. The van der Waals surface area contributed by atoms with E-state index in [-0.39, 0.29) is 12.3 Å². The second kappa shape index (κ2) is 7.91. The largest absolute Gasteiger partial charge is 0.493 e.